The summed E-state index contributed by atoms with van der Waals surface area (Å²) in [5.41, 5.74) is 3.46. The number of benzene rings is 1. The molecule has 1 spiro atoms. The van der Waals surface area contributed by atoms with Crippen LogP contribution < -0.4 is 0 Å². The number of hydrogen-bond donors (Lipinski definition) is 0. The SMILES string of the molecule is CCN1C[C@@H](c2ccccc2)CC2(CCN(Cc3cncn3C3CC3)CC2)C1. The van der Waals surface area contributed by atoms with Gasteiger partial charge in [0.2, 0.25) is 0 Å². The molecule has 150 valence electrons. The van der Waals surface area contributed by atoms with Gasteiger partial charge in [0.25, 0.3) is 0 Å². The summed E-state index contributed by atoms with van der Waals surface area (Å²) >= 11 is 0. The van der Waals surface area contributed by atoms with Crippen molar-refractivity contribution in [2.75, 3.05) is 32.7 Å². The van der Waals surface area contributed by atoms with Gasteiger partial charge in [-0.15, -0.1) is 0 Å². The fourth-order valence-electron chi connectivity index (χ4n) is 5.60. The third-order valence-electron chi connectivity index (χ3n) is 7.42. The summed E-state index contributed by atoms with van der Waals surface area (Å²) in [5, 5.41) is 0. The zero-order valence-electron chi connectivity index (χ0n) is 17.3. The molecule has 0 bridgehead atoms. The standard InChI is InChI=1S/C24H34N4/c1-2-26-16-21(20-6-4-3-5-7-20)14-24(18-26)10-12-27(13-11-24)17-23-15-25-19-28(23)22-8-9-22/h3-7,15,19,21-22H,2,8-14,16-18H2,1H3/t21-/m0/s1. The number of imidazole rings is 1. The molecule has 5 rings (SSSR count). The highest BCUT2D eigenvalue weighted by molar-refractivity contribution is 5.21. The Kier molecular flexibility index (Phi) is 5.02. The van der Waals surface area contributed by atoms with E-state index in [1.54, 1.807) is 0 Å². The van der Waals surface area contributed by atoms with Crippen LogP contribution in [-0.2, 0) is 6.54 Å². The van der Waals surface area contributed by atoms with E-state index in [-0.39, 0.29) is 0 Å². The monoisotopic (exact) mass is 378 g/mol. The van der Waals surface area contributed by atoms with E-state index in [0.29, 0.717) is 11.3 Å². The number of aromatic nitrogens is 2. The van der Waals surface area contributed by atoms with Gasteiger partial charge in [-0.2, -0.15) is 0 Å². The molecular formula is C24H34N4. The number of likely N-dealkylation sites (N-methyl/N-ethyl adjacent to an activating group) is 1. The van der Waals surface area contributed by atoms with Gasteiger partial charge in [-0.25, -0.2) is 4.98 Å². The minimum absolute atomic E-state index is 0.502. The summed E-state index contributed by atoms with van der Waals surface area (Å²) < 4.78 is 2.43. The van der Waals surface area contributed by atoms with Gasteiger partial charge in [0.1, 0.15) is 0 Å². The van der Waals surface area contributed by atoms with E-state index < -0.39 is 0 Å². The van der Waals surface area contributed by atoms with Crippen molar-refractivity contribution in [3.63, 3.8) is 0 Å². The first-order valence-corrected chi connectivity index (χ1v) is 11.2. The van der Waals surface area contributed by atoms with Crippen molar-refractivity contribution in [3.8, 4) is 0 Å². The number of rotatable bonds is 5. The summed E-state index contributed by atoms with van der Waals surface area (Å²) in [6.45, 7) is 9.56. The Bertz CT molecular complexity index is 771. The topological polar surface area (TPSA) is 24.3 Å². The Balaban J connectivity index is 1.25. The lowest BCUT2D eigenvalue weighted by molar-refractivity contribution is 0.0132. The molecule has 1 aliphatic carbocycles. The van der Waals surface area contributed by atoms with Crippen LogP contribution in [0.25, 0.3) is 0 Å². The van der Waals surface area contributed by atoms with Gasteiger partial charge < -0.3 is 9.47 Å². The van der Waals surface area contributed by atoms with Gasteiger partial charge in [-0.05, 0) is 68.6 Å². The van der Waals surface area contributed by atoms with Crippen molar-refractivity contribution in [1.29, 1.82) is 0 Å². The van der Waals surface area contributed by atoms with E-state index in [9.17, 15) is 0 Å². The molecule has 0 N–H and O–H groups in total. The van der Waals surface area contributed by atoms with Crippen molar-refractivity contribution < 1.29 is 0 Å². The Labute approximate surface area is 169 Å². The first-order valence-electron chi connectivity index (χ1n) is 11.2. The average Bonchev–Trinajstić information content (AvgIpc) is 3.49. The van der Waals surface area contributed by atoms with Crippen LogP contribution in [0.3, 0.4) is 0 Å². The van der Waals surface area contributed by atoms with Crippen molar-refractivity contribution in [2.45, 2.75) is 57.5 Å². The molecule has 3 aliphatic rings. The lowest BCUT2D eigenvalue weighted by Crippen LogP contribution is -2.51. The second kappa shape index (κ2) is 7.64. The Morgan fingerprint density at radius 2 is 1.86 bits per heavy atom. The minimum atomic E-state index is 0.502. The van der Waals surface area contributed by atoms with Gasteiger partial charge in [0.15, 0.2) is 0 Å². The molecule has 0 unspecified atom stereocenters. The van der Waals surface area contributed by atoms with E-state index in [2.05, 4.69) is 62.8 Å². The summed E-state index contributed by atoms with van der Waals surface area (Å²) in [5.74, 6) is 0.692. The van der Waals surface area contributed by atoms with Crippen LogP contribution in [0.2, 0.25) is 0 Å². The predicted molar refractivity (Wildman–Crippen MR) is 113 cm³/mol. The molecule has 4 heteroatoms. The Hall–Kier alpha value is -1.65. The molecule has 1 saturated carbocycles. The summed E-state index contributed by atoms with van der Waals surface area (Å²) in [7, 11) is 0. The zero-order valence-corrected chi connectivity index (χ0v) is 17.3. The molecule has 28 heavy (non-hydrogen) atoms. The number of hydrogen-bond acceptors (Lipinski definition) is 3. The smallest absolute Gasteiger partial charge is 0.0951 e. The fourth-order valence-corrected chi connectivity index (χ4v) is 5.60. The normalized spacial score (nSPS) is 26.0. The number of likely N-dealkylation sites (tertiary alicyclic amines) is 2. The third kappa shape index (κ3) is 3.77. The van der Waals surface area contributed by atoms with Crippen LogP contribution in [0.5, 0.6) is 0 Å². The van der Waals surface area contributed by atoms with Crippen LogP contribution in [-0.4, -0.2) is 52.1 Å². The highest BCUT2D eigenvalue weighted by Gasteiger charge is 2.42. The first-order chi connectivity index (χ1) is 13.7. The van der Waals surface area contributed by atoms with Gasteiger partial charge in [-0.1, -0.05) is 37.3 Å². The molecule has 0 radical (unpaired) electrons. The fraction of sp³-hybridized carbons (Fsp3) is 0.625. The van der Waals surface area contributed by atoms with Crippen LogP contribution >= 0.6 is 0 Å². The van der Waals surface area contributed by atoms with Crippen molar-refractivity contribution in [3.05, 3.63) is 54.1 Å². The summed E-state index contributed by atoms with van der Waals surface area (Å²) in [4.78, 5) is 9.80. The maximum absolute atomic E-state index is 4.43. The maximum Gasteiger partial charge on any atom is 0.0951 e. The lowest BCUT2D eigenvalue weighted by Gasteiger charge is -2.50. The van der Waals surface area contributed by atoms with E-state index in [1.807, 2.05) is 6.33 Å². The molecular weight excluding hydrogens is 344 g/mol. The van der Waals surface area contributed by atoms with Gasteiger partial charge in [0.05, 0.1) is 12.0 Å². The number of piperidine rings is 2. The van der Waals surface area contributed by atoms with Gasteiger partial charge in [0, 0.05) is 31.9 Å². The Morgan fingerprint density at radius 1 is 1.07 bits per heavy atom. The molecule has 2 aliphatic heterocycles. The largest absolute Gasteiger partial charge is 0.330 e. The summed E-state index contributed by atoms with van der Waals surface area (Å²) in [6, 6.07) is 12.0. The van der Waals surface area contributed by atoms with E-state index in [4.69, 9.17) is 0 Å². The Morgan fingerprint density at radius 3 is 2.57 bits per heavy atom. The molecule has 3 fully saturated rings. The van der Waals surface area contributed by atoms with Crippen LogP contribution in [0, 0.1) is 5.41 Å². The molecule has 1 aromatic heterocycles. The highest BCUT2D eigenvalue weighted by atomic mass is 15.2. The van der Waals surface area contributed by atoms with Gasteiger partial charge in [-0.3, -0.25) is 4.90 Å². The predicted octanol–water partition coefficient (Wildman–Crippen LogP) is 4.31. The molecule has 2 saturated heterocycles. The quantitative estimate of drug-likeness (QED) is 0.775. The minimum Gasteiger partial charge on any atom is -0.330 e. The van der Waals surface area contributed by atoms with E-state index in [1.165, 1.54) is 76.1 Å². The molecule has 4 nitrogen and oxygen atoms in total. The van der Waals surface area contributed by atoms with E-state index >= 15 is 0 Å². The summed E-state index contributed by atoms with van der Waals surface area (Å²) in [6.07, 6.45) is 10.8. The molecule has 1 atom stereocenters. The second-order valence-electron chi connectivity index (χ2n) is 9.44. The lowest BCUT2D eigenvalue weighted by atomic mass is 9.68. The van der Waals surface area contributed by atoms with Crippen LogP contribution in [0.1, 0.15) is 62.2 Å². The number of nitrogens with zero attached hydrogens (tertiary/aromatic N) is 4. The van der Waals surface area contributed by atoms with Crippen LogP contribution in [0.4, 0.5) is 0 Å². The van der Waals surface area contributed by atoms with Crippen molar-refractivity contribution >= 4 is 0 Å². The zero-order chi connectivity index (χ0) is 19.0. The average molecular weight is 379 g/mol. The molecule has 3 heterocycles. The third-order valence-corrected chi connectivity index (χ3v) is 7.42. The van der Waals surface area contributed by atoms with E-state index in [0.717, 1.165) is 12.6 Å². The van der Waals surface area contributed by atoms with Crippen molar-refractivity contribution in [1.82, 2.24) is 19.4 Å². The molecule has 0 amide bonds. The molecule has 1 aromatic carbocycles. The maximum atomic E-state index is 4.43. The first kappa shape index (κ1) is 18.4. The van der Waals surface area contributed by atoms with Crippen molar-refractivity contribution in [2.24, 2.45) is 5.41 Å². The van der Waals surface area contributed by atoms with Crippen LogP contribution in [0.15, 0.2) is 42.9 Å². The highest BCUT2D eigenvalue weighted by Crippen LogP contribution is 2.45. The molecule has 2 aromatic rings. The second-order valence-corrected chi connectivity index (χ2v) is 9.44. The van der Waals surface area contributed by atoms with Gasteiger partial charge >= 0.3 is 0 Å².